The normalized spacial score (nSPS) is 11.9. The molecule has 0 spiro atoms. The van der Waals surface area contributed by atoms with E-state index in [4.69, 9.17) is 4.74 Å². The molecular formula is C13H19NO2. The molecule has 1 amide bonds. The third-order valence-electron chi connectivity index (χ3n) is 2.41. The summed E-state index contributed by atoms with van der Waals surface area (Å²) in [6.07, 6.45) is 1.32. The molecule has 0 radical (unpaired) electrons. The maximum Gasteiger partial charge on any atom is 0.407 e. The number of carbonyl (C=O) groups excluding carboxylic acids is 1. The summed E-state index contributed by atoms with van der Waals surface area (Å²) in [6, 6.07) is 10.1. The van der Waals surface area contributed by atoms with E-state index in [0.29, 0.717) is 6.54 Å². The van der Waals surface area contributed by atoms with Crippen molar-refractivity contribution in [3.63, 3.8) is 0 Å². The second kappa shape index (κ2) is 6.88. The van der Waals surface area contributed by atoms with Crippen LogP contribution in [0.3, 0.4) is 0 Å². The summed E-state index contributed by atoms with van der Waals surface area (Å²) in [6.45, 7) is 4.48. The summed E-state index contributed by atoms with van der Waals surface area (Å²) in [5.41, 5.74) is 1.21. The first kappa shape index (κ1) is 12.6. The van der Waals surface area contributed by atoms with E-state index in [-0.39, 0.29) is 12.2 Å². The van der Waals surface area contributed by atoms with E-state index in [1.54, 1.807) is 0 Å². The van der Waals surface area contributed by atoms with Crippen LogP contribution in [0.15, 0.2) is 30.3 Å². The van der Waals surface area contributed by atoms with E-state index >= 15 is 0 Å². The summed E-state index contributed by atoms with van der Waals surface area (Å²) in [4.78, 5) is 11.3. The van der Waals surface area contributed by atoms with Crippen molar-refractivity contribution < 1.29 is 9.53 Å². The quantitative estimate of drug-likeness (QED) is 0.830. The molecule has 3 nitrogen and oxygen atoms in total. The number of amides is 1. The number of benzene rings is 1. The lowest BCUT2D eigenvalue weighted by Gasteiger charge is -2.11. The SMILES string of the molecule is CC[C@H](C)OC(=O)NCCc1ccccc1. The minimum absolute atomic E-state index is 0.0169. The van der Waals surface area contributed by atoms with Crippen molar-refractivity contribution in [1.29, 1.82) is 0 Å². The highest BCUT2D eigenvalue weighted by Gasteiger charge is 2.05. The molecular weight excluding hydrogens is 202 g/mol. The second-order valence-electron chi connectivity index (χ2n) is 3.79. The molecule has 88 valence electrons. The maximum atomic E-state index is 11.3. The monoisotopic (exact) mass is 221 g/mol. The molecule has 0 aliphatic rings. The number of ether oxygens (including phenoxy) is 1. The lowest BCUT2D eigenvalue weighted by Crippen LogP contribution is -2.29. The zero-order valence-electron chi connectivity index (χ0n) is 9.90. The van der Waals surface area contributed by atoms with Gasteiger partial charge in [-0.2, -0.15) is 0 Å². The lowest BCUT2D eigenvalue weighted by molar-refractivity contribution is 0.105. The molecule has 0 bridgehead atoms. The van der Waals surface area contributed by atoms with E-state index in [9.17, 15) is 4.79 Å². The van der Waals surface area contributed by atoms with Gasteiger partial charge in [-0.3, -0.25) is 0 Å². The van der Waals surface area contributed by atoms with Gasteiger partial charge in [-0.1, -0.05) is 37.3 Å². The Morgan fingerprint density at radius 3 is 2.69 bits per heavy atom. The van der Waals surface area contributed by atoms with Gasteiger partial charge in [-0.05, 0) is 25.3 Å². The molecule has 16 heavy (non-hydrogen) atoms. The Bertz CT molecular complexity index is 311. The van der Waals surface area contributed by atoms with Crippen LogP contribution >= 0.6 is 0 Å². The predicted molar refractivity (Wildman–Crippen MR) is 64.4 cm³/mol. The van der Waals surface area contributed by atoms with Crippen LogP contribution in [0, 0.1) is 0 Å². The lowest BCUT2D eigenvalue weighted by atomic mass is 10.1. The van der Waals surface area contributed by atoms with E-state index in [0.717, 1.165) is 12.8 Å². The molecule has 0 saturated heterocycles. The van der Waals surface area contributed by atoms with Gasteiger partial charge >= 0.3 is 6.09 Å². The molecule has 1 atom stereocenters. The molecule has 0 aromatic heterocycles. The van der Waals surface area contributed by atoms with Crippen molar-refractivity contribution in [3.05, 3.63) is 35.9 Å². The minimum Gasteiger partial charge on any atom is -0.447 e. The van der Waals surface area contributed by atoms with Crippen LogP contribution in [0.5, 0.6) is 0 Å². The van der Waals surface area contributed by atoms with Crippen LogP contribution in [-0.2, 0) is 11.2 Å². The van der Waals surface area contributed by atoms with Gasteiger partial charge in [-0.15, -0.1) is 0 Å². The fourth-order valence-corrected chi connectivity index (χ4v) is 1.26. The van der Waals surface area contributed by atoms with Crippen LogP contribution in [0.25, 0.3) is 0 Å². The van der Waals surface area contributed by atoms with Gasteiger partial charge in [0.1, 0.15) is 6.10 Å². The fraction of sp³-hybridized carbons (Fsp3) is 0.462. The van der Waals surface area contributed by atoms with Crippen molar-refractivity contribution in [2.24, 2.45) is 0 Å². The highest BCUT2D eigenvalue weighted by atomic mass is 16.6. The Morgan fingerprint density at radius 2 is 2.06 bits per heavy atom. The number of carbonyl (C=O) groups is 1. The van der Waals surface area contributed by atoms with Gasteiger partial charge < -0.3 is 10.1 Å². The molecule has 1 aromatic carbocycles. The van der Waals surface area contributed by atoms with Crippen molar-refractivity contribution in [2.45, 2.75) is 32.8 Å². The molecule has 1 aromatic rings. The third kappa shape index (κ3) is 4.82. The molecule has 0 heterocycles. The summed E-state index contributed by atoms with van der Waals surface area (Å²) in [5, 5.41) is 2.74. The van der Waals surface area contributed by atoms with Crippen LogP contribution in [0.1, 0.15) is 25.8 Å². The Balaban J connectivity index is 2.18. The molecule has 3 heteroatoms. The van der Waals surface area contributed by atoms with Crippen LogP contribution in [0.4, 0.5) is 4.79 Å². The number of hydrogen-bond donors (Lipinski definition) is 1. The molecule has 0 fully saturated rings. The van der Waals surface area contributed by atoms with Crippen molar-refractivity contribution >= 4 is 6.09 Å². The summed E-state index contributed by atoms with van der Waals surface area (Å²) in [5.74, 6) is 0. The molecule has 0 aliphatic carbocycles. The van der Waals surface area contributed by atoms with Gasteiger partial charge in [0, 0.05) is 6.54 Å². The zero-order chi connectivity index (χ0) is 11.8. The zero-order valence-corrected chi connectivity index (χ0v) is 9.90. The molecule has 0 aliphatic heterocycles. The van der Waals surface area contributed by atoms with E-state index in [2.05, 4.69) is 5.32 Å². The standard InChI is InChI=1S/C13H19NO2/c1-3-11(2)16-13(15)14-10-9-12-7-5-4-6-8-12/h4-8,11H,3,9-10H2,1-2H3,(H,14,15)/t11-/m0/s1. The first-order chi connectivity index (χ1) is 7.72. The van der Waals surface area contributed by atoms with Gasteiger partial charge in [0.15, 0.2) is 0 Å². The number of hydrogen-bond acceptors (Lipinski definition) is 2. The van der Waals surface area contributed by atoms with Crippen LogP contribution in [0.2, 0.25) is 0 Å². The van der Waals surface area contributed by atoms with E-state index in [1.807, 2.05) is 44.2 Å². The highest BCUT2D eigenvalue weighted by Crippen LogP contribution is 1.99. The van der Waals surface area contributed by atoms with Gasteiger partial charge in [0.25, 0.3) is 0 Å². The maximum absolute atomic E-state index is 11.3. The summed E-state index contributed by atoms with van der Waals surface area (Å²) < 4.78 is 5.09. The summed E-state index contributed by atoms with van der Waals surface area (Å²) in [7, 11) is 0. The van der Waals surface area contributed by atoms with Crippen molar-refractivity contribution in [2.75, 3.05) is 6.54 Å². The predicted octanol–water partition coefficient (Wildman–Crippen LogP) is 2.75. The van der Waals surface area contributed by atoms with Crippen LogP contribution < -0.4 is 5.32 Å². The smallest absolute Gasteiger partial charge is 0.407 e. The Labute approximate surface area is 96.8 Å². The Hall–Kier alpha value is -1.51. The molecule has 1 rings (SSSR count). The second-order valence-corrected chi connectivity index (χ2v) is 3.79. The number of alkyl carbamates (subject to hydrolysis) is 1. The van der Waals surface area contributed by atoms with Crippen LogP contribution in [-0.4, -0.2) is 18.7 Å². The van der Waals surface area contributed by atoms with Gasteiger partial charge in [-0.25, -0.2) is 4.79 Å². The topological polar surface area (TPSA) is 38.3 Å². The first-order valence-corrected chi connectivity index (χ1v) is 5.70. The van der Waals surface area contributed by atoms with E-state index in [1.165, 1.54) is 5.56 Å². The third-order valence-corrected chi connectivity index (χ3v) is 2.41. The number of nitrogens with one attached hydrogen (secondary N) is 1. The molecule has 0 unspecified atom stereocenters. The fourth-order valence-electron chi connectivity index (χ4n) is 1.26. The Kier molecular flexibility index (Phi) is 5.40. The largest absolute Gasteiger partial charge is 0.447 e. The average Bonchev–Trinajstić information content (AvgIpc) is 2.30. The van der Waals surface area contributed by atoms with Gasteiger partial charge in [0.05, 0.1) is 0 Å². The van der Waals surface area contributed by atoms with Crippen molar-refractivity contribution in [1.82, 2.24) is 5.32 Å². The minimum atomic E-state index is -0.328. The van der Waals surface area contributed by atoms with Gasteiger partial charge in [0.2, 0.25) is 0 Å². The van der Waals surface area contributed by atoms with E-state index < -0.39 is 0 Å². The Morgan fingerprint density at radius 1 is 1.38 bits per heavy atom. The van der Waals surface area contributed by atoms with Crippen molar-refractivity contribution in [3.8, 4) is 0 Å². The number of rotatable bonds is 5. The molecule has 0 saturated carbocycles. The molecule has 1 N–H and O–H groups in total. The average molecular weight is 221 g/mol. The summed E-state index contributed by atoms with van der Waals surface area (Å²) >= 11 is 0. The highest BCUT2D eigenvalue weighted by molar-refractivity contribution is 5.67. The first-order valence-electron chi connectivity index (χ1n) is 5.70.